The summed E-state index contributed by atoms with van der Waals surface area (Å²) in [6.45, 7) is 1.50. The molecule has 6 heteroatoms. The predicted octanol–water partition coefficient (Wildman–Crippen LogP) is 3.93. The number of hydrogen-bond acceptors (Lipinski definition) is 4. The zero-order valence-corrected chi connectivity index (χ0v) is 14.6. The highest BCUT2D eigenvalue weighted by molar-refractivity contribution is 6.30. The molecule has 0 aliphatic heterocycles. The number of nitrogens with one attached hydrogen (secondary N) is 1. The largest absolute Gasteiger partial charge is 0.495 e. The number of rotatable bonds is 6. The molecule has 1 amide bonds. The minimum Gasteiger partial charge on any atom is -0.495 e. The predicted molar refractivity (Wildman–Crippen MR) is 97.7 cm³/mol. The fraction of sp³-hybridized carbons (Fsp3) is 0.158. The molecule has 1 N–H and O–H groups in total. The minimum absolute atomic E-state index is 0.447. The van der Waals surface area contributed by atoms with Crippen LogP contribution in [0.4, 0.5) is 5.69 Å². The van der Waals surface area contributed by atoms with Crippen molar-refractivity contribution in [2.45, 2.75) is 13.0 Å². The van der Waals surface area contributed by atoms with Crippen LogP contribution in [-0.2, 0) is 14.3 Å². The summed E-state index contributed by atoms with van der Waals surface area (Å²) < 4.78 is 10.3. The molecule has 2 rings (SSSR count). The van der Waals surface area contributed by atoms with E-state index in [2.05, 4.69) is 5.32 Å². The van der Waals surface area contributed by atoms with Crippen molar-refractivity contribution >= 4 is 35.2 Å². The van der Waals surface area contributed by atoms with E-state index in [0.717, 1.165) is 5.56 Å². The average molecular weight is 360 g/mol. The molecule has 0 spiro atoms. The average Bonchev–Trinajstić information content (AvgIpc) is 2.61. The SMILES string of the molecule is COc1ccccc1NC(=O)[C@@H](C)OC(=O)/C=C/c1ccc(Cl)cc1. The Morgan fingerprint density at radius 2 is 1.80 bits per heavy atom. The molecule has 0 aromatic heterocycles. The number of halogens is 1. The molecule has 0 unspecified atom stereocenters. The van der Waals surface area contributed by atoms with Crippen LogP contribution in [0.25, 0.3) is 6.08 Å². The number of benzene rings is 2. The number of anilines is 1. The van der Waals surface area contributed by atoms with Crippen molar-refractivity contribution in [3.63, 3.8) is 0 Å². The zero-order chi connectivity index (χ0) is 18.2. The number of carbonyl (C=O) groups is 2. The maximum atomic E-state index is 12.1. The molecule has 0 saturated carbocycles. The molecule has 0 aliphatic rings. The monoisotopic (exact) mass is 359 g/mol. The highest BCUT2D eigenvalue weighted by Gasteiger charge is 2.17. The van der Waals surface area contributed by atoms with E-state index >= 15 is 0 Å². The fourth-order valence-electron chi connectivity index (χ4n) is 1.99. The molecule has 0 radical (unpaired) electrons. The van der Waals surface area contributed by atoms with Gasteiger partial charge in [-0.25, -0.2) is 4.79 Å². The molecule has 130 valence electrons. The first kappa shape index (κ1) is 18.5. The van der Waals surface area contributed by atoms with Gasteiger partial charge in [0.25, 0.3) is 5.91 Å². The lowest BCUT2D eigenvalue weighted by Crippen LogP contribution is -2.29. The number of ether oxygens (including phenoxy) is 2. The minimum atomic E-state index is -0.952. The van der Waals surface area contributed by atoms with Crippen LogP contribution in [0.2, 0.25) is 5.02 Å². The number of para-hydroxylation sites is 2. The van der Waals surface area contributed by atoms with Crippen molar-refractivity contribution in [3.8, 4) is 5.75 Å². The van der Waals surface area contributed by atoms with Gasteiger partial charge in [0.2, 0.25) is 0 Å². The summed E-state index contributed by atoms with van der Waals surface area (Å²) in [6.07, 6.45) is 1.90. The van der Waals surface area contributed by atoms with E-state index in [1.807, 2.05) is 0 Å². The normalized spacial score (nSPS) is 11.8. The Balaban J connectivity index is 1.91. The van der Waals surface area contributed by atoms with E-state index in [9.17, 15) is 9.59 Å². The van der Waals surface area contributed by atoms with Gasteiger partial charge in [-0.3, -0.25) is 4.79 Å². The molecule has 5 nitrogen and oxygen atoms in total. The second-order valence-electron chi connectivity index (χ2n) is 5.15. The van der Waals surface area contributed by atoms with E-state index in [-0.39, 0.29) is 0 Å². The van der Waals surface area contributed by atoms with Crippen molar-refractivity contribution in [1.82, 2.24) is 0 Å². The summed E-state index contributed by atoms with van der Waals surface area (Å²) in [5.41, 5.74) is 1.31. The maximum absolute atomic E-state index is 12.1. The third-order valence-corrected chi connectivity index (χ3v) is 3.56. The molecule has 0 fully saturated rings. The van der Waals surface area contributed by atoms with Crippen LogP contribution < -0.4 is 10.1 Å². The van der Waals surface area contributed by atoms with E-state index < -0.39 is 18.0 Å². The third-order valence-electron chi connectivity index (χ3n) is 3.31. The molecular weight excluding hydrogens is 342 g/mol. The number of methoxy groups -OCH3 is 1. The number of carbonyl (C=O) groups excluding carboxylic acids is 2. The Morgan fingerprint density at radius 3 is 2.48 bits per heavy atom. The van der Waals surface area contributed by atoms with Crippen molar-refractivity contribution in [3.05, 3.63) is 65.2 Å². The first-order chi connectivity index (χ1) is 12.0. The summed E-state index contributed by atoms with van der Waals surface area (Å²) in [5, 5.41) is 3.28. The molecule has 0 bridgehead atoms. The number of hydrogen-bond donors (Lipinski definition) is 1. The second kappa shape index (κ2) is 8.89. The summed E-state index contributed by atoms with van der Waals surface area (Å²) in [5.74, 6) is -0.535. The summed E-state index contributed by atoms with van der Waals surface area (Å²) >= 11 is 5.80. The Bertz CT molecular complexity index is 771. The van der Waals surface area contributed by atoms with E-state index in [0.29, 0.717) is 16.5 Å². The lowest BCUT2D eigenvalue weighted by Gasteiger charge is -2.14. The lowest BCUT2D eigenvalue weighted by molar-refractivity contribution is -0.148. The Hall–Kier alpha value is -2.79. The zero-order valence-electron chi connectivity index (χ0n) is 13.9. The molecule has 2 aromatic rings. The highest BCUT2D eigenvalue weighted by atomic mass is 35.5. The van der Waals surface area contributed by atoms with Crippen molar-refractivity contribution in [1.29, 1.82) is 0 Å². The van der Waals surface area contributed by atoms with Gasteiger partial charge in [-0.15, -0.1) is 0 Å². The van der Waals surface area contributed by atoms with Crippen LogP contribution in [0.5, 0.6) is 5.75 Å². The Morgan fingerprint density at radius 1 is 1.12 bits per heavy atom. The molecule has 1 atom stereocenters. The standard InChI is InChI=1S/C19H18ClNO4/c1-13(19(23)21-16-5-3-4-6-17(16)24-2)25-18(22)12-9-14-7-10-15(20)11-8-14/h3-13H,1-2H3,(H,21,23)/b12-9+/t13-/m1/s1. The molecule has 0 heterocycles. The van der Waals surface area contributed by atoms with Crippen LogP contribution in [0, 0.1) is 0 Å². The maximum Gasteiger partial charge on any atom is 0.331 e. The van der Waals surface area contributed by atoms with Gasteiger partial charge in [-0.05, 0) is 42.8 Å². The number of esters is 1. The van der Waals surface area contributed by atoms with E-state index in [4.69, 9.17) is 21.1 Å². The van der Waals surface area contributed by atoms with Gasteiger partial charge in [0, 0.05) is 11.1 Å². The molecule has 2 aromatic carbocycles. The fourth-order valence-corrected chi connectivity index (χ4v) is 2.11. The van der Waals surface area contributed by atoms with Crippen molar-refractivity contribution in [2.24, 2.45) is 0 Å². The first-order valence-electron chi connectivity index (χ1n) is 7.57. The topological polar surface area (TPSA) is 64.6 Å². The van der Waals surface area contributed by atoms with Crippen LogP contribution in [-0.4, -0.2) is 25.1 Å². The second-order valence-corrected chi connectivity index (χ2v) is 5.59. The van der Waals surface area contributed by atoms with Crippen molar-refractivity contribution in [2.75, 3.05) is 12.4 Å². The van der Waals surface area contributed by atoms with Gasteiger partial charge >= 0.3 is 5.97 Å². The quantitative estimate of drug-likeness (QED) is 0.627. The number of amides is 1. The van der Waals surface area contributed by atoms with E-state index in [1.54, 1.807) is 54.6 Å². The van der Waals surface area contributed by atoms with Crippen LogP contribution in [0.15, 0.2) is 54.6 Å². The van der Waals surface area contributed by atoms with Crippen LogP contribution in [0.1, 0.15) is 12.5 Å². The van der Waals surface area contributed by atoms with Gasteiger partial charge in [0.05, 0.1) is 12.8 Å². The van der Waals surface area contributed by atoms with Gasteiger partial charge in [-0.1, -0.05) is 35.9 Å². The van der Waals surface area contributed by atoms with Gasteiger partial charge in [-0.2, -0.15) is 0 Å². The van der Waals surface area contributed by atoms with Gasteiger partial charge in [0.15, 0.2) is 6.10 Å². The van der Waals surface area contributed by atoms with Gasteiger partial charge in [0.1, 0.15) is 5.75 Å². The summed E-state index contributed by atoms with van der Waals surface area (Å²) in [4.78, 5) is 24.0. The molecular formula is C19H18ClNO4. The third kappa shape index (κ3) is 5.65. The molecule has 25 heavy (non-hydrogen) atoms. The van der Waals surface area contributed by atoms with Crippen LogP contribution >= 0.6 is 11.6 Å². The Kier molecular flexibility index (Phi) is 6.60. The Labute approximate surface area is 151 Å². The van der Waals surface area contributed by atoms with E-state index in [1.165, 1.54) is 20.1 Å². The van der Waals surface area contributed by atoms with Crippen molar-refractivity contribution < 1.29 is 19.1 Å². The van der Waals surface area contributed by atoms with Gasteiger partial charge < -0.3 is 14.8 Å². The van der Waals surface area contributed by atoms with Crippen LogP contribution in [0.3, 0.4) is 0 Å². The smallest absolute Gasteiger partial charge is 0.331 e. The highest BCUT2D eigenvalue weighted by Crippen LogP contribution is 2.23. The molecule has 0 aliphatic carbocycles. The summed E-state index contributed by atoms with van der Waals surface area (Å²) in [6, 6.07) is 14.0. The molecule has 0 saturated heterocycles. The lowest BCUT2D eigenvalue weighted by atomic mass is 10.2. The summed E-state index contributed by atoms with van der Waals surface area (Å²) in [7, 11) is 1.51. The first-order valence-corrected chi connectivity index (χ1v) is 7.95.